The van der Waals surface area contributed by atoms with Crippen LogP contribution in [-0.4, -0.2) is 12.9 Å². The molecule has 0 spiro atoms. The molecule has 0 unspecified atom stereocenters. The lowest BCUT2D eigenvalue weighted by molar-refractivity contribution is 1.10. The summed E-state index contributed by atoms with van der Waals surface area (Å²) in [5.74, 6) is 0.00417. The van der Waals surface area contributed by atoms with Crippen LogP contribution in [0.15, 0.2) is 24.4 Å². The molecule has 0 aliphatic heterocycles. The Labute approximate surface area is 101 Å². The monoisotopic (exact) mass is 237 g/mol. The predicted molar refractivity (Wildman–Crippen MR) is 69.8 cm³/mol. The van der Waals surface area contributed by atoms with Crippen LogP contribution >= 0.6 is 11.6 Å². The van der Waals surface area contributed by atoms with Gasteiger partial charge in [-0.25, -0.2) is 0 Å². The third-order valence-corrected chi connectivity index (χ3v) is 2.64. The van der Waals surface area contributed by atoms with Gasteiger partial charge in [0.1, 0.15) is 5.84 Å². The lowest BCUT2D eigenvalue weighted by Gasteiger charge is -2.10. The molecule has 1 aromatic carbocycles. The SMILES string of the molecule is CCc1ccc(Cl)c(/C(=C/NC)C(=N)N)c1. The van der Waals surface area contributed by atoms with Crippen LogP contribution in [0, 0.1) is 5.41 Å². The number of aryl methyl sites for hydroxylation is 1. The Morgan fingerprint density at radius 1 is 1.56 bits per heavy atom. The number of benzene rings is 1. The average molecular weight is 238 g/mol. The maximum Gasteiger partial charge on any atom is 0.124 e. The van der Waals surface area contributed by atoms with Gasteiger partial charge in [0.15, 0.2) is 0 Å². The van der Waals surface area contributed by atoms with E-state index >= 15 is 0 Å². The minimum atomic E-state index is 0.00417. The summed E-state index contributed by atoms with van der Waals surface area (Å²) in [7, 11) is 1.76. The molecule has 0 saturated heterocycles. The highest BCUT2D eigenvalue weighted by atomic mass is 35.5. The third kappa shape index (κ3) is 2.76. The molecule has 0 amide bonds. The molecule has 3 nitrogen and oxygen atoms in total. The van der Waals surface area contributed by atoms with Crippen molar-refractivity contribution in [1.82, 2.24) is 5.32 Å². The number of nitrogens with two attached hydrogens (primary N) is 1. The van der Waals surface area contributed by atoms with Crippen LogP contribution in [0.2, 0.25) is 5.02 Å². The molecule has 0 saturated carbocycles. The quantitative estimate of drug-likeness (QED) is 0.556. The van der Waals surface area contributed by atoms with Crippen molar-refractivity contribution in [2.45, 2.75) is 13.3 Å². The summed E-state index contributed by atoms with van der Waals surface area (Å²) >= 11 is 6.11. The second-order valence-electron chi connectivity index (χ2n) is 3.43. The smallest absolute Gasteiger partial charge is 0.124 e. The average Bonchev–Trinajstić information content (AvgIpc) is 2.27. The van der Waals surface area contributed by atoms with E-state index in [2.05, 4.69) is 12.2 Å². The number of rotatable bonds is 4. The van der Waals surface area contributed by atoms with Gasteiger partial charge in [0, 0.05) is 29.4 Å². The third-order valence-electron chi connectivity index (χ3n) is 2.31. The summed E-state index contributed by atoms with van der Waals surface area (Å²) in [4.78, 5) is 0. The summed E-state index contributed by atoms with van der Waals surface area (Å²) in [6.45, 7) is 2.07. The zero-order valence-electron chi connectivity index (χ0n) is 9.47. The minimum absolute atomic E-state index is 0.00417. The number of nitrogens with one attached hydrogen (secondary N) is 2. The normalized spacial score (nSPS) is 11.3. The first-order valence-electron chi connectivity index (χ1n) is 5.10. The largest absolute Gasteiger partial charge is 0.393 e. The Morgan fingerprint density at radius 3 is 2.75 bits per heavy atom. The molecule has 0 atom stereocenters. The summed E-state index contributed by atoms with van der Waals surface area (Å²) in [6, 6.07) is 5.78. The zero-order valence-corrected chi connectivity index (χ0v) is 10.2. The first-order valence-corrected chi connectivity index (χ1v) is 5.48. The predicted octanol–water partition coefficient (Wildman–Crippen LogP) is 2.40. The molecule has 0 aliphatic carbocycles. The maximum atomic E-state index is 7.53. The van der Waals surface area contributed by atoms with E-state index in [9.17, 15) is 0 Å². The topological polar surface area (TPSA) is 61.9 Å². The highest BCUT2D eigenvalue weighted by molar-refractivity contribution is 6.35. The van der Waals surface area contributed by atoms with Crippen LogP contribution in [0.5, 0.6) is 0 Å². The Balaban J connectivity index is 3.28. The standard InChI is InChI=1S/C12H16ClN3/c1-3-8-4-5-11(13)9(6-8)10(7-16-2)12(14)15/h4-7,16H,3H2,1-2H3,(H3,14,15)/b10-7-. The molecule has 1 aromatic rings. The van der Waals surface area contributed by atoms with Crippen molar-refractivity contribution in [1.29, 1.82) is 5.41 Å². The van der Waals surface area contributed by atoms with Crippen LogP contribution in [0.4, 0.5) is 0 Å². The van der Waals surface area contributed by atoms with Crippen molar-refractivity contribution in [3.05, 3.63) is 40.5 Å². The summed E-state index contributed by atoms with van der Waals surface area (Å²) in [5, 5.41) is 11.0. The second kappa shape index (κ2) is 5.56. The summed E-state index contributed by atoms with van der Waals surface area (Å²) in [6.07, 6.45) is 2.61. The summed E-state index contributed by atoms with van der Waals surface area (Å²) in [5.41, 5.74) is 8.11. The van der Waals surface area contributed by atoms with Crippen molar-refractivity contribution in [3.8, 4) is 0 Å². The molecule has 0 radical (unpaired) electrons. The number of halogens is 1. The van der Waals surface area contributed by atoms with Crippen molar-refractivity contribution in [2.75, 3.05) is 7.05 Å². The zero-order chi connectivity index (χ0) is 12.1. The van der Waals surface area contributed by atoms with Crippen LogP contribution in [0.25, 0.3) is 5.57 Å². The number of hydrogen-bond donors (Lipinski definition) is 3. The molecular formula is C12H16ClN3. The van der Waals surface area contributed by atoms with E-state index in [1.54, 1.807) is 13.2 Å². The van der Waals surface area contributed by atoms with Crippen molar-refractivity contribution in [2.24, 2.45) is 5.73 Å². The number of amidine groups is 1. The van der Waals surface area contributed by atoms with Gasteiger partial charge >= 0.3 is 0 Å². The van der Waals surface area contributed by atoms with Gasteiger partial charge in [-0.3, -0.25) is 5.41 Å². The van der Waals surface area contributed by atoms with Gasteiger partial charge in [-0.05, 0) is 24.1 Å². The number of hydrogen-bond acceptors (Lipinski definition) is 2. The molecule has 0 aliphatic rings. The molecule has 4 heteroatoms. The van der Waals surface area contributed by atoms with Gasteiger partial charge in [0.05, 0.1) is 0 Å². The van der Waals surface area contributed by atoms with Crippen LogP contribution in [0.1, 0.15) is 18.1 Å². The molecule has 0 heterocycles. The van der Waals surface area contributed by atoms with Gasteiger partial charge in [0.25, 0.3) is 0 Å². The van der Waals surface area contributed by atoms with E-state index in [4.69, 9.17) is 22.7 Å². The first kappa shape index (κ1) is 12.6. The lowest BCUT2D eigenvalue weighted by Crippen LogP contribution is -2.14. The van der Waals surface area contributed by atoms with E-state index in [1.165, 1.54) is 5.56 Å². The molecule has 86 valence electrons. The molecule has 4 N–H and O–H groups in total. The van der Waals surface area contributed by atoms with Gasteiger partial charge in [0.2, 0.25) is 0 Å². The Kier molecular flexibility index (Phi) is 4.38. The van der Waals surface area contributed by atoms with Gasteiger partial charge in [-0.2, -0.15) is 0 Å². The molecule has 16 heavy (non-hydrogen) atoms. The summed E-state index contributed by atoms with van der Waals surface area (Å²) < 4.78 is 0. The van der Waals surface area contributed by atoms with Crippen LogP contribution in [-0.2, 0) is 6.42 Å². The Hall–Kier alpha value is -1.48. The Morgan fingerprint density at radius 2 is 2.25 bits per heavy atom. The van der Waals surface area contributed by atoms with Crippen LogP contribution < -0.4 is 11.1 Å². The first-order chi connectivity index (χ1) is 7.60. The van der Waals surface area contributed by atoms with E-state index in [1.807, 2.05) is 18.2 Å². The van der Waals surface area contributed by atoms with Gasteiger partial charge < -0.3 is 11.1 Å². The van der Waals surface area contributed by atoms with E-state index in [-0.39, 0.29) is 5.84 Å². The van der Waals surface area contributed by atoms with Crippen LogP contribution in [0.3, 0.4) is 0 Å². The molecule has 0 fully saturated rings. The fourth-order valence-corrected chi connectivity index (χ4v) is 1.66. The Bertz CT molecular complexity index is 424. The molecule has 1 rings (SSSR count). The van der Waals surface area contributed by atoms with E-state index < -0.39 is 0 Å². The lowest BCUT2D eigenvalue weighted by atomic mass is 10.0. The maximum absolute atomic E-state index is 7.53. The van der Waals surface area contributed by atoms with Gasteiger partial charge in [-0.15, -0.1) is 0 Å². The fraction of sp³-hybridized carbons (Fsp3) is 0.250. The van der Waals surface area contributed by atoms with Crippen molar-refractivity contribution in [3.63, 3.8) is 0 Å². The minimum Gasteiger partial charge on any atom is -0.393 e. The van der Waals surface area contributed by atoms with Gasteiger partial charge in [-0.1, -0.05) is 24.6 Å². The van der Waals surface area contributed by atoms with E-state index in [0.717, 1.165) is 12.0 Å². The highest BCUT2D eigenvalue weighted by Crippen LogP contribution is 2.25. The second-order valence-corrected chi connectivity index (χ2v) is 3.84. The molecule has 0 bridgehead atoms. The van der Waals surface area contributed by atoms with Crippen molar-refractivity contribution < 1.29 is 0 Å². The highest BCUT2D eigenvalue weighted by Gasteiger charge is 2.09. The molecular weight excluding hydrogens is 222 g/mol. The fourth-order valence-electron chi connectivity index (χ4n) is 1.44. The van der Waals surface area contributed by atoms with Crippen molar-refractivity contribution >= 4 is 23.0 Å². The van der Waals surface area contributed by atoms with E-state index in [0.29, 0.717) is 10.6 Å². The molecule has 0 aromatic heterocycles.